The Kier molecular flexibility index (Phi) is 6.45. The summed E-state index contributed by atoms with van der Waals surface area (Å²) in [6.45, 7) is 6.10. The van der Waals surface area contributed by atoms with E-state index in [0.717, 1.165) is 58.4 Å². The largest absolute Gasteiger partial charge is 0.496 e. The number of nitrogens with zero attached hydrogens (tertiary/aromatic N) is 4. The molecule has 176 valence electrons. The second kappa shape index (κ2) is 9.81. The zero-order valence-corrected chi connectivity index (χ0v) is 19.8. The Morgan fingerprint density at radius 3 is 2.56 bits per heavy atom. The van der Waals surface area contributed by atoms with Crippen LogP contribution in [0, 0.1) is 6.92 Å². The van der Waals surface area contributed by atoms with Gasteiger partial charge in [0, 0.05) is 49.2 Å². The van der Waals surface area contributed by atoms with E-state index in [-0.39, 0.29) is 5.91 Å². The summed E-state index contributed by atoms with van der Waals surface area (Å²) in [6, 6.07) is 15.8. The quantitative estimate of drug-likeness (QED) is 0.584. The molecule has 0 bridgehead atoms. The van der Waals surface area contributed by atoms with Crippen LogP contribution in [-0.4, -0.2) is 60.7 Å². The maximum Gasteiger partial charge on any atom is 0.254 e. The molecule has 7 nitrogen and oxygen atoms in total. The van der Waals surface area contributed by atoms with Crippen LogP contribution in [0.25, 0.3) is 0 Å². The molecule has 0 atom stereocenters. The number of aromatic nitrogens is 2. The van der Waals surface area contributed by atoms with Gasteiger partial charge in [-0.2, -0.15) is 0 Å². The predicted molar refractivity (Wildman–Crippen MR) is 130 cm³/mol. The van der Waals surface area contributed by atoms with Gasteiger partial charge in [0.1, 0.15) is 17.4 Å². The lowest BCUT2D eigenvalue weighted by Crippen LogP contribution is -2.41. The van der Waals surface area contributed by atoms with Gasteiger partial charge >= 0.3 is 0 Å². The summed E-state index contributed by atoms with van der Waals surface area (Å²) >= 11 is 0. The number of hydrogen-bond acceptors (Lipinski definition) is 6. The fourth-order valence-electron chi connectivity index (χ4n) is 4.63. The summed E-state index contributed by atoms with van der Waals surface area (Å²) in [7, 11) is 1.69. The van der Waals surface area contributed by atoms with Gasteiger partial charge in [-0.25, -0.2) is 9.97 Å². The number of carbonyl (C=O) groups excluding carboxylic acids is 1. The number of carbonyl (C=O) groups is 1. The fourth-order valence-corrected chi connectivity index (χ4v) is 4.63. The molecular formula is C27H30N4O3. The van der Waals surface area contributed by atoms with Crippen LogP contribution in [0.3, 0.4) is 0 Å². The van der Waals surface area contributed by atoms with Gasteiger partial charge < -0.3 is 19.3 Å². The second-order valence-electron chi connectivity index (χ2n) is 8.82. The van der Waals surface area contributed by atoms with Gasteiger partial charge in [0.2, 0.25) is 0 Å². The van der Waals surface area contributed by atoms with Gasteiger partial charge in [0.15, 0.2) is 0 Å². The van der Waals surface area contributed by atoms with Gasteiger partial charge in [-0.1, -0.05) is 35.9 Å². The lowest BCUT2D eigenvalue weighted by atomic mass is 10.0. The summed E-state index contributed by atoms with van der Waals surface area (Å²) in [5.41, 5.74) is 5.01. The third-order valence-electron chi connectivity index (χ3n) is 6.52. The molecule has 7 heteroatoms. The van der Waals surface area contributed by atoms with Crippen molar-refractivity contribution < 1.29 is 14.3 Å². The first-order chi connectivity index (χ1) is 16.6. The molecule has 2 aliphatic heterocycles. The summed E-state index contributed by atoms with van der Waals surface area (Å²) in [5.74, 6) is 2.60. The smallest absolute Gasteiger partial charge is 0.254 e. The summed E-state index contributed by atoms with van der Waals surface area (Å²) in [4.78, 5) is 27.4. The average molecular weight is 459 g/mol. The number of methoxy groups -OCH3 is 1. The van der Waals surface area contributed by atoms with Crippen molar-refractivity contribution in [1.29, 1.82) is 0 Å². The Morgan fingerprint density at radius 1 is 1.03 bits per heavy atom. The molecule has 2 aromatic carbocycles. The van der Waals surface area contributed by atoms with Crippen molar-refractivity contribution in [3.63, 3.8) is 0 Å². The first-order valence-corrected chi connectivity index (χ1v) is 11.8. The van der Waals surface area contributed by atoms with Crippen LogP contribution in [0.1, 0.15) is 38.6 Å². The molecule has 0 saturated carbocycles. The number of morpholine rings is 1. The molecule has 5 rings (SSSR count). The van der Waals surface area contributed by atoms with E-state index in [1.165, 1.54) is 0 Å². The van der Waals surface area contributed by atoms with Gasteiger partial charge in [0.25, 0.3) is 5.91 Å². The Balaban J connectivity index is 1.47. The number of benzene rings is 2. The highest BCUT2D eigenvalue weighted by Crippen LogP contribution is 2.30. The van der Waals surface area contributed by atoms with E-state index in [1.807, 2.05) is 54.3 Å². The average Bonchev–Trinajstić information content (AvgIpc) is 2.89. The van der Waals surface area contributed by atoms with Crippen molar-refractivity contribution >= 4 is 11.7 Å². The molecule has 3 heterocycles. The van der Waals surface area contributed by atoms with Crippen molar-refractivity contribution in [3.05, 3.63) is 82.3 Å². The summed E-state index contributed by atoms with van der Waals surface area (Å²) in [5, 5.41) is 0. The molecule has 2 aliphatic rings. The van der Waals surface area contributed by atoms with Crippen LogP contribution in [0.15, 0.2) is 48.5 Å². The van der Waals surface area contributed by atoms with E-state index < -0.39 is 0 Å². The highest BCUT2D eigenvalue weighted by molar-refractivity contribution is 5.94. The normalized spacial score (nSPS) is 15.7. The minimum atomic E-state index is 0.0525. The Labute approximate surface area is 200 Å². The molecule has 0 unspecified atom stereocenters. The van der Waals surface area contributed by atoms with E-state index >= 15 is 0 Å². The molecule has 0 radical (unpaired) electrons. The van der Waals surface area contributed by atoms with Gasteiger partial charge in [-0.3, -0.25) is 4.79 Å². The minimum absolute atomic E-state index is 0.0525. The lowest BCUT2D eigenvalue weighted by molar-refractivity contribution is 0.0733. The molecule has 34 heavy (non-hydrogen) atoms. The van der Waals surface area contributed by atoms with Crippen molar-refractivity contribution in [2.24, 2.45) is 0 Å². The maximum atomic E-state index is 13.2. The topological polar surface area (TPSA) is 67.8 Å². The molecule has 1 aromatic heterocycles. The summed E-state index contributed by atoms with van der Waals surface area (Å²) in [6.07, 6.45) is 1.31. The molecule has 0 aliphatic carbocycles. The number of ether oxygens (including phenoxy) is 2. The molecule has 1 fully saturated rings. The van der Waals surface area contributed by atoms with E-state index in [2.05, 4.69) is 11.0 Å². The zero-order chi connectivity index (χ0) is 23.5. The highest BCUT2D eigenvalue weighted by Gasteiger charge is 2.29. The number of amides is 1. The van der Waals surface area contributed by atoms with Crippen LogP contribution in [-0.2, 0) is 24.1 Å². The maximum absolute atomic E-state index is 13.2. The molecule has 1 amide bonds. The Bertz CT molecular complexity index is 1170. The van der Waals surface area contributed by atoms with Gasteiger partial charge in [-0.05, 0) is 25.1 Å². The van der Waals surface area contributed by atoms with Crippen LogP contribution in [0.5, 0.6) is 5.75 Å². The van der Waals surface area contributed by atoms with Crippen LogP contribution in [0.2, 0.25) is 0 Å². The number of para-hydroxylation sites is 1. The summed E-state index contributed by atoms with van der Waals surface area (Å²) < 4.78 is 11.1. The first kappa shape index (κ1) is 22.3. The molecule has 0 spiro atoms. The number of anilines is 1. The fraction of sp³-hybridized carbons (Fsp3) is 0.370. The number of rotatable bonds is 5. The van der Waals surface area contributed by atoms with Gasteiger partial charge in [-0.15, -0.1) is 0 Å². The Hall–Kier alpha value is -3.45. The van der Waals surface area contributed by atoms with E-state index in [4.69, 9.17) is 19.4 Å². The zero-order valence-electron chi connectivity index (χ0n) is 19.8. The van der Waals surface area contributed by atoms with Gasteiger partial charge in [0.05, 0.1) is 32.6 Å². The number of fused-ring (bicyclic) bond motifs is 1. The van der Waals surface area contributed by atoms with Crippen molar-refractivity contribution in [3.8, 4) is 5.75 Å². The van der Waals surface area contributed by atoms with Crippen LogP contribution in [0.4, 0.5) is 5.82 Å². The molecule has 3 aromatic rings. The van der Waals surface area contributed by atoms with Crippen molar-refractivity contribution in [2.75, 3.05) is 44.9 Å². The predicted octanol–water partition coefficient (Wildman–Crippen LogP) is 3.42. The number of aryl methyl sites for hydroxylation is 1. The van der Waals surface area contributed by atoms with Crippen molar-refractivity contribution in [2.45, 2.75) is 26.3 Å². The minimum Gasteiger partial charge on any atom is -0.496 e. The number of hydrogen-bond donors (Lipinski definition) is 0. The van der Waals surface area contributed by atoms with E-state index in [0.29, 0.717) is 39.1 Å². The second-order valence-corrected chi connectivity index (χ2v) is 8.82. The van der Waals surface area contributed by atoms with Crippen molar-refractivity contribution in [1.82, 2.24) is 14.9 Å². The van der Waals surface area contributed by atoms with Crippen LogP contribution >= 0.6 is 0 Å². The molecular weight excluding hydrogens is 428 g/mol. The highest BCUT2D eigenvalue weighted by atomic mass is 16.5. The molecule has 1 saturated heterocycles. The first-order valence-electron chi connectivity index (χ1n) is 11.8. The lowest BCUT2D eigenvalue weighted by Gasteiger charge is -2.34. The monoisotopic (exact) mass is 458 g/mol. The third kappa shape index (κ3) is 4.61. The van der Waals surface area contributed by atoms with E-state index in [1.54, 1.807) is 7.11 Å². The standard InChI is InChI=1S/C27H30N4O3/c1-19-7-9-20(10-8-19)27(32)31-12-11-23-22(18-31)26(30-13-15-34-16-14-30)29-25(28-23)17-21-5-3-4-6-24(21)33-2/h3-10H,11-18H2,1-2H3. The molecule has 0 N–H and O–H groups in total. The van der Waals surface area contributed by atoms with E-state index in [9.17, 15) is 4.79 Å². The third-order valence-corrected chi connectivity index (χ3v) is 6.52. The Morgan fingerprint density at radius 2 is 1.79 bits per heavy atom. The van der Waals surface area contributed by atoms with Crippen LogP contribution < -0.4 is 9.64 Å². The SMILES string of the molecule is COc1ccccc1Cc1nc2c(c(N3CCOCC3)n1)CN(C(=O)c1ccc(C)cc1)CC2.